The second-order valence-electron chi connectivity index (χ2n) is 7.59. The van der Waals surface area contributed by atoms with Gasteiger partial charge in [-0.05, 0) is 25.5 Å². The first-order valence-electron chi connectivity index (χ1n) is 9.10. The molecule has 1 aromatic carbocycles. The van der Waals surface area contributed by atoms with Crippen LogP contribution in [0.5, 0.6) is 0 Å². The van der Waals surface area contributed by atoms with Gasteiger partial charge >= 0.3 is 0 Å². The first-order chi connectivity index (χ1) is 12.7. The molecule has 0 saturated heterocycles. The van der Waals surface area contributed by atoms with Crippen LogP contribution in [0.2, 0.25) is 0 Å². The number of carbonyl (C=O) groups excluding carboxylic acids is 1. The molecule has 154 valence electrons. The highest BCUT2D eigenvalue weighted by Crippen LogP contribution is 2.50. The number of aromatic nitrogens is 1. The number of anilines is 1. The topological polar surface area (TPSA) is 77.2 Å². The molecule has 2 atom stereocenters. The van der Waals surface area contributed by atoms with E-state index in [1.54, 1.807) is 12.1 Å². The Morgan fingerprint density at radius 3 is 2.71 bits per heavy atom. The molecule has 1 heterocycles. The van der Waals surface area contributed by atoms with Crippen LogP contribution in [0.3, 0.4) is 0 Å². The molecule has 2 aromatic rings. The number of nitrogens with zero attached hydrogens (tertiary/aromatic N) is 1. The maximum absolute atomic E-state index is 13.9. The van der Waals surface area contributed by atoms with E-state index in [4.69, 9.17) is 10.5 Å². The van der Waals surface area contributed by atoms with Crippen molar-refractivity contribution < 1.29 is 13.9 Å². The Hall–Kier alpha value is -1.54. The molecular formula is C20H27ClFN3O2S. The number of ether oxygens (including phenoxy) is 1. The predicted octanol–water partition coefficient (Wildman–Crippen LogP) is 4.07. The molecule has 8 heteroatoms. The number of nitrogens with one attached hydrogen (secondary N) is 1. The third-order valence-corrected chi connectivity index (χ3v) is 6.73. The van der Waals surface area contributed by atoms with Crippen molar-refractivity contribution in [2.45, 2.75) is 52.2 Å². The molecule has 5 nitrogen and oxygen atoms in total. The Morgan fingerprint density at radius 2 is 2.11 bits per heavy atom. The van der Waals surface area contributed by atoms with E-state index in [-0.39, 0.29) is 30.2 Å². The molecule has 3 rings (SSSR count). The van der Waals surface area contributed by atoms with Crippen molar-refractivity contribution in [2.75, 3.05) is 11.9 Å². The summed E-state index contributed by atoms with van der Waals surface area (Å²) in [4.78, 5) is 18.2. The maximum atomic E-state index is 13.9. The van der Waals surface area contributed by atoms with Gasteiger partial charge in [0.15, 0.2) is 5.13 Å². The summed E-state index contributed by atoms with van der Waals surface area (Å²) in [5.74, 6) is -0.496. The van der Waals surface area contributed by atoms with Crippen molar-refractivity contribution in [3.05, 3.63) is 46.2 Å². The van der Waals surface area contributed by atoms with E-state index in [0.29, 0.717) is 30.1 Å². The van der Waals surface area contributed by atoms with E-state index >= 15 is 0 Å². The summed E-state index contributed by atoms with van der Waals surface area (Å²) >= 11 is 1.36. The van der Waals surface area contributed by atoms with Crippen LogP contribution in [-0.2, 0) is 16.0 Å². The van der Waals surface area contributed by atoms with Crippen molar-refractivity contribution in [3.8, 4) is 0 Å². The Bertz CT molecular complexity index is 858. The van der Waals surface area contributed by atoms with Crippen LogP contribution in [0.4, 0.5) is 9.52 Å². The average Bonchev–Trinajstić information content (AvgIpc) is 2.95. The summed E-state index contributed by atoms with van der Waals surface area (Å²) in [6, 6.07) is 6.68. The van der Waals surface area contributed by atoms with Gasteiger partial charge in [0.2, 0.25) is 5.91 Å². The lowest BCUT2D eigenvalue weighted by molar-refractivity contribution is -0.166. The first-order valence-corrected chi connectivity index (χ1v) is 9.92. The number of benzene rings is 1. The van der Waals surface area contributed by atoms with E-state index in [2.05, 4.69) is 10.3 Å². The number of hydrogen-bond donors (Lipinski definition) is 2. The lowest BCUT2D eigenvalue weighted by atomic mass is 9.54. The van der Waals surface area contributed by atoms with Gasteiger partial charge < -0.3 is 15.8 Å². The maximum Gasteiger partial charge on any atom is 0.246 e. The number of rotatable bonds is 6. The standard InChI is InChI=1S/C20H26FN3O2S.ClH/c1-5-26-16-11-20(22,19(16,3)4)17(25)24-18-23-12(2)15(27-18)10-13-8-6-7-9-14(13)21;/h6-9,16H,5,10-11,22H2,1-4H3,(H,23,24,25);1H. The molecule has 0 bridgehead atoms. The minimum Gasteiger partial charge on any atom is -0.378 e. The van der Waals surface area contributed by atoms with Gasteiger partial charge in [-0.15, -0.1) is 23.7 Å². The lowest BCUT2D eigenvalue weighted by Crippen LogP contribution is -2.74. The second kappa shape index (κ2) is 8.45. The first kappa shape index (κ1) is 22.7. The van der Waals surface area contributed by atoms with Gasteiger partial charge in [0.1, 0.15) is 11.4 Å². The van der Waals surface area contributed by atoms with E-state index in [0.717, 1.165) is 10.6 Å². The number of thiazole rings is 1. The monoisotopic (exact) mass is 427 g/mol. The van der Waals surface area contributed by atoms with Gasteiger partial charge in [0.05, 0.1) is 11.8 Å². The molecule has 0 spiro atoms. The fourth-order valence-corrected chi connectivity index (χ4v) is 4.47. The quantitative estimate of drug-likeness (QED) is 0.728. The van der Waals surface area contributed by atoms with Crippen molar-refractivity contribution in [3.63, 3.8) is 0 Å². The molecule has 3 N–H and O–H groups in total. The molecule has 1 aliphatic rings. The smallest absolute Gasteiger partial charge is 0.246 e. The van der Waals surface area contributed by atoms with E-state index in [1.807, 2.05) is 33.8 Å². The summed E-state index contributed by atoms with van der Waals surface area (Å²) in [5, 5.41) is 3.35. The Kier molecular flexibility index (Phi) is 6.86. The van der Waals surface area contributed by atoms with Crippen molar-refractivity contribution in [1.29, 1.82) is 0 Å². The minimum absolute atomic E-state index is 0. The Morgan fingerprint density at radius 1 is 1.43 bits per heavy atom. The van der Waals surface area contributed by atoms with Crippen LogP contribution in [0.1, 0.15) is 43.3 Å². The number of halogens is 2. The largest absolute Gasteiger partial charge is 0.378 e. The van der Waals surface area contributed by atoms with Crippen LogP contribution in [0.15, 0.2) is 24.3 Å². The van der Waals surface area contributed by atoms with Gasteiger partial charge in [-0.3, -0.25) is 4.79 Å². The highest BCUT2D eigenvalue weighted by atomic mass is 35.5. The number of carbonyl (C=O) groups is 1. The van der Waals surface area contributed by atoms with E-state index < -0.39 is 11.0 Å². The number of amides is 1. The molecule has 0 radical (unpaired) electrons. The van der Waals surface area contributed by atoms with Crippen LogP contribution in [0.25, 0.3) is 0 Å². The lowest BCUT2D eigenvalue weighted by Gasteiger charge is -2.57. The highest BCUT2D eigenvalue weighted by Gasteiger charge is 2.63. The van der Waals surface area contributed by atoms with Crippen LogP contribution in [0, 0.1) is 18.2 Å². The zero-order valence-electron chi connectivity index (χ0n) is 16.5. The zero-order valence-corrected chi connectivity index (χ0v) is 18.2. The second-order valence-corrected chi connectivity index (χ2v) is 8.67. The number of hydrogen-bond acceptors (Lipinski definition) is 5. The normalized spacial score (nSPS) is 22.9. The fourth-order valence-electron chi connectivity index (χ4n) is 3.49. The Balaban J connectivity index is 0.00000280. The molecular weight excluding hydrogens is 401 g/mol. The molecule has 0 aliphatic heterocycles. The molecule has 1 aliphatic carbocycles. The number of nitrogens with two attached hydrogens (primary N) is 1. The van der Waals surface area contributed by atoms with E-state index in [1.165, 1.54) is 17.4 Å². The molecule has 28 heavy (non-hydrogen) atoms. The summed E-state index contributed by atoms with van der Waals surface area (Å²) in [6.45, 7) is 8.29. The van der Waals surface area contributed by atoms with Crippen molar-refractivity contribution >= 4 is 34.8 Å². The molecule has 1 amide bonds. The van der Waals surface area contributed by atoms with Crippen LogP contribution >= 0.6 is 23.7 Å². The zero-order chi connectivity index (χ0) is 19.8. The third-order valence-electron chi connectivity index (χ3n) is 5.66. The molecule has 2 unspecified atom stereocenters. The summed E-state index contributed by atoms with van der Waals surface area (Å²) in [6.07, 6.45) is 0.886. The molecule has 1 aromatic heterocycles. The van der Waals surface area contributed by atoms with Gasteiger partial charge in [0, 0.05) is 29.7 Å². The molecule has 1 saturated carbocycles. The number of aryl methyl sites for hydroxylation is 1. The van der Waals surface area contributed by atoms with Gasteiger partial charge in [-0.25, -0.2) is 9.37 Å². The van der Waals surface area contributed by atoms with Gasteiger partial charge in [0.25, 0.3) is 0 Å². The predicted molar refractivity (Wildman–Crippen MR) is 113 cm³/mol. The molecule has 1 fully saturated rings. The summed E-state index contributed by atoms with van der Waals surface area (Å²) < 4.78 is 19.6. The van der Waals surface area contributed by atoms with Gasteiger partial charge in [-0.1, -0.05) is 32.0 Å². The average molecular weight is 428 g/mol. The van der Waals surface area contributed by atoms with Crippen molar-refractivity contribution in [1.82, 2.24) is 4.98 Å². The summed E-state index contributed by atoms with van der Waals surface area (Å²) in [5.41, 5.74) is 6.34. The van der Waals surface area contributed by atoms with Crippen LogP contribution < -0.4 is 11.1 Å². The van der Waals surface area contributed by atoms with E-state index in [9.17, 15) is 9.18 Å². The fraction of sp³-hybridized carbons (Fsp3) is 0.500. The third kappa shape index (κ3) is 3.94. The van der Waals surface area contributed by atoms with Gasteiger partial charge in [-0.2, -0.15) is 0 Å². The highest BCUT2D eigenvalue weighted by molar-refractivity contribution is 7.15. The van der Waals surface area contributed by atoms with Crippen molar-refractivity contribution in [2.24, 2.45) is 11.1 Å². The van der Waals surface area contributed by atoms with Crippen LogP contribution in [-0.4, -0.2) is 29.1 Å². The Labute approximate surface area is 175 Å². The summed E-state index contributed by atoms with van der Waals surface area (Å²) in [7, 11) is 0. The minimum atomic E-state index is -1.00. The SMILES string of the molecule is CCOC1CC(N)(C(=O)Nc2nc(C)c(Cc3ccccc3F)s2)C1(C)C.Cl.